The van der Waals surface area contributed by atoms with E-state index in [0.29, 0.717) is 30.6 Å². The van der Waals surface area contributed by atoms with Gasteiger partial charge in [-0.15, -0.1) is 0 Å². The summed E-state index contributed by atoms with van der Waals surface area (Å²) < 4.78 is 11.0. The van der Waals surface area contributed by atoms with Gasteiger partial charge in [0.05, 0.1) is 31.5 Å². The molecule has 16 nitrogen and oxygen atoms in total. The van der Waals surface area contributed by atoms with Crippen LogP contribution in [-0.2, 0) is 28.7 Å². The number of ether oxygens (including phenoxy) is 2. The van der Waals surface area contributed by atoms with Crippen molar-refractivity contribution in [2.24, 2.45) is 11.3 Å². The summed E-state index contributed by atoms with van der Waals surface area (Å²) in [5, 5.41) is 11.2. The van der Waals surface area contributed by atoms with Gasteiger partial charge in [0.15, 0.2) is 0 Å². The maximum absolute atomic E-state index is 14.8. The number of nitrogens with zero attached hydrogens (tertiary/aromatic N) is 3. The van der Waals surface area contributed by atoms with Crippen molar-refractivity contribution in [3.05, 3.63) is 54.1 Å². The third kappa shape index (κ3) is 11.3. The predicted octanol–water partition coefficient (Wildman–Crippen LogP) is 2.65. The van der Waals surface area contributed by atoms with Crippen LogP contribution in [0.1, 0.15) is 113 Å². The van der Waals surface area contributed by atoms with Crippen molar-refractivity contribution in [3.63, 3.8) is 0 Å². The van der Waals surface area contributed by atoms with E-state index < -0.39 is 77.0 Å². The van der Waals surface area contributed by atoms with Crippen LogP contribution in [0.5, 0.6) is 5.75 Å². The molecule has 5 amide bonds. The molecule has 0 radical (unpaired) electrons. The molecule has 57 heavy (non-hydrogen) atoms. The minimum atomic E-state index is -1.16. The molecule has 16 heteroatoms. The highest BCUT2D eigenvalue weighted by Crippen LogP contribution is 2.31. The first-order valence-corrected chi connectivity index (χ1v) is 19.9. The number of hydrogen-bond acceptors (Lipinski definition) is 11. The fourth-order valence-electron chi connectivity index (χ4n) is 7.37. The first-order chi connectivity index (χ1) is 27.2. The number of aromatic nitrogens is 2. The van der Waals surface area contributed by atoms with Crippen LogP contribution in [-0.4, -0.2) is 106 Å². The van der Waals surface area contributed by atoms with Gasteiger partial charge in [-0.2, -0.15) is 0 Å². The van der Waals surface area contributed by atoms with Gasteiger partial charge in [0.1, 0.15) is 35.7 Å². The zero-order valence-corrected chi connectivity index (χ0v) is 33.4. The van der Waals surface area contributed by atoms with Gasteiger partial charge in [0, 0.05) is 24.9 Å². The van der Waals surface area contributed by atoms with Crippen molar-refractivity contribution in [1.82, 2.24) is 36.1 Å². The van der Waals surface area contributed by atoms with E-state index >= 15 is 0 Å². The molecule has 4 N–H and O–H groups in total. The zero-order chi connectivity index (χ0) is 41.3. The van der Waals surface area contributed by atoms with E-state index in [4.69, 9.17) is 9.47 Å². The average Bonchev–Trinajstić information content (AvgIpc) is 3.93. The second-order valence-corrected chi connectivity index (χ2v) is 16.2. The van der Waals surface area contributed by atoms with E-state index in [1.807, 2.05) is 6.92 Å². The Labute approximate surface area is 333 Å². The maximum atomic E-state index is 14.8. The third-order valence-electron chi connectivity index (χ3n) is 10.7. The molecule has 2 saturated carbocycles. The van der Waals surface area contributed by atoms with Gasteiger partial charge in [0.2, 0.25) is 23.5 Å². The topological polar surface area (TPSA) is 215 Å². The molecule has 1 aliphatic heterocycles. The summed E-state index contributed by atoms with van der Waals surface area (Å²) in [4.78, 5) is 104. The number of carbonyl (C=O) groups is 7. The summed E-state index contributed by atoms with van der Waals surface area (Å²) in [6, 6.07) is 1.81. The molecule has 308 valence electrons. The van der Waals surface area contributed by atoms with Crippen molar-refractivity contribution in [1.29, 1.82) is 0 Å². The maximum Gasteiger partial charge on any atom is 0.337 e. The number of ketones is 1. The summed E-state index contributed by atoms with van der Waals surface area (Å²) in [7, 11) is 1.28. The quantitative estimate of drug-likeness (QED) is 0.143. The number of amides is 5. The van der Waals surface area contributed by atoms with E-state index in [1.54, 1.807) is 32.9 Å². The number of Topliss-reactive ketones (excluding diaryl/α,β-unsaturated/α-hetero) is 1. The van der Waals surface area contributed by atoms with Crippen LogP contribution < -0.4 is 26.0 Å². The molecule has 0 unspecified atom stereocenters. The summed E-state index contributed by atoms with van der Waals surface area (Å²) in [5.74, 6) is -4.16. The number of nitrogens with one attached hydrogen (secondary N) is 4. The molecular weight excluding hydrogens is 734 g/mol. The van der Waals surface area contributed by atoms with Gasteiger partial charge in [-0.3, -0.25) is 33.8 Å². The van der Waals surface area contributed by atoms with Crippen LogP contribution in [0.15, 0.2) is 42.9 Å². The van der Waals surface area contributed by atoms with Crippen molar-refractivity contribution < 1.29 is 43.0 Å². The predicted molar refractivity (Wildman–Crippen MR) is 207 cm³/mol. The van der Waals surface area contributed by atoms with Crippen molar-refractivity contribution >= 4 is 41.3 Å². The van der Waals surface area contributed by atoms with E-state index in [9.17, 15) is 33.6 Å². The molecule has 2 aromatic rings. The minimum Gasteiger partial charge on any atom is -0.488 e. The zero-order valence-electron chi connectivity index (χ0n) is 33.4. The van der Waals surface area contributed by atoms with E-state index in [0.717, 1.165) is 32.1 Å². The number of carbonyl (C=O) groups excluding carboxylic acids is 7. The second kappa shape index (κ2) is 19.2. The van der Waals surface area contributed by atoms with E-state index in [2.05, 4.69) is 31.2 Å². The van der Waals surface area contributed by atoms with Crippen LogP contribution in [0.2, 0.25) is 0 Å². The van der Waals surface area contributed by atoms with E-state index in [-0.39, 0.29) is 37.0 Å². The SMILES string of the molecule is CCC[C@H](NC(=O)[C@@H]1C[C@@H](Oc2ccc(C(=O)OC)cc2)CN1C(=O)[C@@H](NC(=O)[C@@H](NC(=O)c1cnccn1)C1CCCCC1)C(C)(C)C)C(=O)C(=O)NC1CC1. The van der Waals surface area contributed by atoms with Crippen LogP contribution in [0.4, 0.5) is 0 Å². The lowest BCUT2D eigenvalue weighted by Crippen LogP contribution is -2.62. The Balaban J connectivity index is 1.40. The van der Waals surface area contributed by atoms with E-state index in [1.165, 1.54) is 42.7 Å². The lowest BCUT2D eigenvalue weighted by molar-refractivity contribution is -0.145. The number of methoxy groups -OCH3 is 1. The molecule has 1 saturated heterocycles. The fraction of sp³-hybridized carbons (Fsp3) is 0.585. The lowest BCUT2D eigenvalue weighted by atomic mass is 9.82. The van der Waals surface area contributed by atoms with Crippen LogP contribution in [0.3, 0.4) is 0 Å². The Hall–Kier alpha value is -5.41. The summed E-state index contributed by atoms with van der Waals surface area (Å²) in [6.45, 7) is 7.15. The Morgan fingerprint density at radius 1 is 0.912 bits per heavy atom. The number of rotatable bonds is 16. The number of benzene rings is 1. The Morgan fingerprint density at radius 3 is 2.21 bits per heavy atom. The molecule has 1 aromatic heterocycles. The summed E-state index contributed by atoms with van der Waals surface area (Å²) >= 11 is 0. The minimum absolute atomic E-state index is 0.0291. The Morgan fingerprint density at radius 2 is 1.61 bits per heavy atom. The molecule has 5 atom stereocenters. The van der Waals surface area contributed by atoms with Crippen molar-refractivity contribution in [3.8, 4) is 5.75 Å². The van der Waals surface area contributed by atoms with Gasteiger partial charge in [-0.1, -0.05) is 53.4 Å². The third-order valence-corrected chi connectivity index (χ3v) is 10.7. The Bertz CT molecular complexity index is 1770. The normalized spacial score (nSPS) is 20.0. The second-order valence-electron chi connectivity index (χ2n) is 16.2. The van der Waals surface area contributed by atoms with Crippen LogP contribution in [0, 0.1) is 11.3 Å². The van der Waals surface area contributed by atoms with Crippen molar-refractivity contribution in [2.45, 2.75) is 128 Å². The molecule has 2 aliphatic carbocycles. The monoisotopic (exact) mass is 789 g/mol. The fourth-order valence-corrected chi connectivity index (χ4v) is 7.37. The van der Waals surface area contributed by atoms with Gasteiger partial charge in [-0.05, 0) is 67.7 Å². The molecule has 5 rings (SSSR count). The standard InChI is InChI=1S/C41H55N7O9/c1-6-10-29(33(49)38(53)44-26-15-16-26)45-36(51)31-21-28(57-27-17-13-25(14-18-27)40(55)56-5)23-48(31)39(54)34(41(2,3)4)47-37(52)32(24-11-8-7-9-12-24)46-35(50)30-22-42-19-20-43-30/h13-14,17-20,22,24,26,28-29,31-32,34H,6-12,15-16,21,23H2,1-5H3,(H,44,53)(H,45,51)(H,46,50)(H,47,52)/t28-,29+,31+,32+,34-/m1/s1. The van der Waals surface area contributed by atoms with Crippen molar-refractivity contribution in [2.75, 3.05) is 13.7 Å². The molecular formula is C41H55N7O9. The van der Waals surface area contributed by atoms with Crippen LogP contribution in [0.25, 0.3) is 0 Å². The first-order valence-electron chi connectivity index (χ1n) is 19.9. The smallest absolute Gasteiger partial charge is 0.337 e. The Kier molecular flexibility index (Phi) is 14.4. The highest BCUT2D eigenvalue weighted by atomic mass is 16.5. The highest BCUT2D eigenvalue weighted by molar-refractivity contribution is 6.38. The molecule has 2 heterocycles. The molecule has 1 aromatic carbocycles. The largest absolute Gasteiger partial charge is 0.488 e. The average molecular weight is 790 g/mol. The lowest BCUT2D eigenvalue weighted by Gasteiger charge is -2.37. The molecule has 0 spiro atoms. The van der Waals surface area contributed by atoms with Gasteiger partial charge < -0.3 is 35.6 Å². The summed E-state index contributed by atoms with van der Waals surface area (Å²) in [6.07, 6.45) is 9.95. The van der Waals surface area contributed by atoms with Gasteiger partial charge in [-0.25, -0.2) is 9.78 Å². The number of likely N-dealkylation sites (tertiary alicyclic amines) is 1. The van der Waals surface area contributed by atoms with Gasteiger partial charge in [0.25, 0.3) is 11.8 Å². The van der Waals surface area contributed by atoms with Gasteiger partial charge >= 0.3 is 5.97 Å². The number of hydrogen-bond donors (Lipinski definition) is 4. The van der Waals surface area contributed by atoms with Crippen LogP contribution >= 0.6 is 0 Å². The molecule has 0 bridgehead atoms. The molecule has 3 fully saturated rings. The highest BCUT2D eigenvalue weighted by Gasteiger charge is 2.47. The summed E-state index contributed by atoms with van der Waals surface area (Å²) in [5.41, 5.74) is -0.508. The molecule has 3 aliphatic rings. The number of esters is 1. The first kappa shape index (κ1) is 42.7.